The summed E-state index contributed by atoms with van der Waals surface area (Å²) in [6.07, 6.45) is -4.53. The lowest BCUT2D eigenvalue weighted by Gasteiger charge is -2.10. The van der Waals surface area contributed by atoms with Crippen molar-refractivity contribution in [2.24, 2.45) is 0 Å². The van der Waals surface area contributed by atoms with Crippen molar-refractivity contribution >= 4 is 34.8 Å². The topological polar surface area (TPSA) is 42.2 Å². The third-order valence-electron chi connectivity index (χ3n) is 2.34. The van der Waals surface area contributed by atoms with Crippen molar-refractivity contribution in [3.05, 3.63) is 51.9 Å². The smallest absolute Gasteiger partial charge is 0.416 e. The summed E-state index contributed by atoms with van der Waals surface area (Å²) in [6.45, 7) is 0. The SMILES string of the molecule is O=C(Nc1cc(C(F)(F)F)ccc1Cl)c1ccc(Cl)o1. The zero-order valence-electron chi connectivity index (χ0n) is 9.59. The average molecular weight is 324 g/mol. The first-order valence-electron chi connectivity index (χ1n) is 5.21. The normalized spacial score (nSPS) is 11.4. The number of furan rings is 1. The van der Waals surface area contributed by atoms with Crippen molar-refractivity contribution in [2.75, 3.05) is 5.32 Å². The molecule has 1 N–H and O–H groups in total. The van der Waals surface area contributed by atoms with Crippen LogP contribution in [0.1, 0.15) is 16.1 Å². The molecule has 0 unspecified atom stereocenters. The fraction of sp³-hybridized carbons (Fsp3) is 0.0833. The maximum Gasteiger partial charge on any atom is 0.416 e. The Bertz CT molecular complexity index is 652. The summed E-state index contributed by atoms with van der Waals surface area (Å²) in [5, 5.41) is 2.20. The van der Waals surface area contributed by atoms with Crippen molar-refractivity contribution in [3.63, 3.8) is 0 Å². The van der Waals surface area contributed by atoms with E-state index in [4.69, 9.17) is 27.6 Å². The number of hydrogen-bond acceptors (Lipinski definition) is 2. The Morgan fingerprint density at radius 1 is 1.15 bits per heavy atom. The van der Waals surface area contributed by atoms with Crippen LogP contribution >= 0.6 is 23.2 Å². The number of carbonyl (C=O) groups excluding carboxylic acids is 1. The fourth-order valence-corrected chi connectivity index (χ4v) is 1.73. The molecule has 0 aliphatic heterocycles. The van der Waals surface area contributed by atoms with Gasteiger partial charge in [-0.25, -0.2) is 0 Å². The van der Waals surface area contributed by atoms with E-state index in [1.165, 1.54) is 12.1 Å². The van der Waals surface area contributed by atoms with E-state index < -0.39 is 17.6 Å². The van der Waals surface area contributed by atoms with E-state index in [1.807, 2.05) is 0 Å². The van der Waals surface area contributed by atoms with E-state index in [1.54, 1.807) is 0 Å². The van der Waals surface area contributed by atoms with Crippen LogP contribution in [0, 0.1) is 0 Å². The second-order valence-electron chi connectivity index (χ2n) is 3.75. The van der Waals surface area contributed by atoms with Gasteiger partial charge >= 0.3 is 6.18 Å². The number of carbonyl (C=O) groups is 1. The number of rotatable bonds is 2. The highest BCUT2D eigenvalue weighted by Gasteiger charge is 2.31. The van der Waals surface area contributed by atoms with Gasteiger partial charge < -0.3 is 9.73 Å². The molecule has 0 spiro atoms. The molecular weight excluding hydrogens is 318 g/mol. The van der Waals surface area contributed by atoms with E-state index in [0.29, 0.717) is 0 Å². The van der Waals surface area contributed by atoms with Crippen molar-refractivity contribution in [1.82, 2.24) is 0 Å². The van der Waals surface area contributed by atoms with Gasteiger partial charge in [-0.3, -0.25) is 4.79 Å². The van der Waals surface area contributed by atoms with Crippen LogP contribution in [0.3, 0.4) is 0 Å². The van der Waals surface area contributed by atoms with Crippen LogP contribution in [0.5, 0.6) is 0 Å². The van der Waals surface area contributed by atoms with Gasteiger partial charge in [0.15, 0.2) is 11.0 Å². The first kappa shape index (κ1) is 14.7. The molecule has 8 heteroatoms. The standard InChI is InChI=1S/C12H6Cl2F3NO2/c13-7-2-1-6(12(15,16)17)5-8(7)18-11(19)9-3-4-10(14)20-9/h1-5H,(H,18,19). The van der Waals surface area contributed by atoms with E-state index in [0.717, 1.165) is 18.2 Å². The molecule has 2 aromatic rings. The van der Waals surface area contributed by atoms with Gasteiger partial charge in [0.2, 0.25) is 0 Å². The summed E-state index contributed by atoms with van der Waals surface area (Å²) >= 11 is 11.2. The predicted octanol–water partition coefficient (Wildman–Crippen LogP) is 4.86. The van der Waals surface area contributed by atoms with Gasteiger partial charge in [0, 0.05) is 0 Å². The molecule has 1 aromatic heterocycles. The monoisotopic (exact) mass is 323 g/mol. The first-order valence-corrected chi connectivity index (χ1v) is 5.96. The zero-order chi connectivity index (χ0) is 14.9. The third-order valence-corrected chi connectivity index (χ3v) is 2.87. The van der Waals surface area contributed by atoms with Crippen LogP contribution in [0.4, 0.5) is 18.9 Å². The molecule has 106 valence electrons. The van der Waals surface area contributed by atoms with Gasteiger partial charge in [-0.15, -0.1) is 0 Å². The van der Waals surface area contributed by atoms with Crippen LogP contribution in [0.2, 0.25) is 10.2 Å². The zero-order valence-corrected chi connectivity index (χ0v) is 11.1. The molecule has 2 rings (SSSR count). The molecule has 20 heavy (non-hydrogen) atoms. The lowest BCUT2D eigenvalue weighted by Crippen LogP contribution is -2.13. The average Bonchev–Trinajstić information content (AvgIpc) is 2.77. The highest BCUT2D eigenvalue weighted by Crippen LogP contribution is 2.34. The van der Waals surface area contributed by atoms with Crippen LogP contribution in [-0.2, 0) is 6.18 Å². The van der Waals surface area contributed by atoms with Crippen molar-refractivity contribution in [1.29, 1.82) is 0 Å². The summed E-state index contributed by atoms with van der Waals surface area (Å²) in [6, 6.07) is 5.24. The minimum absolute atomic E-state index is 0.00899. The van der Waals surface area contributed by atoms with E-state index in [9.17, 15) is 18.0 Å². The molecule has 1 heterocycles. The van der Waals surface area contributed by atoms with Crippen molar-refractivity contribution in [3.8, 4) is 0 Å². The highest BCUT2D eigenvalue weighted by atomic mass is 35.5. The fourth-order valence-electron chi connectivity index (χ4n) is 1.42. The lowest BCUT2D eigenvalue weighted by molar-refractivity contribution is -0.137. The van der Waals surface area contributed by atoms with Crippen LogP contribution < -0.4 is 5.32 Å². The Morgan fingerprint density at radius 3 is 2.40 bits per heavy atom. The Kier molecular flexibility index (Phi) is 3.96. The predicted molar refractivity (Wildman–Crippen MR) is 68.1 cm³/mol. The van der Waals surface area contributed by atoms with Gasteiger partial charge in [0.05, 0.1) is 16.3 Å². The number of benzene rings is 1. The van der Waals surface area contributed by atoms with Gasteiger partial charge in [-0.2, -0.15) is 13.2 Å². The number of nitrogens with one attached hydrogen (secondary N) is 1. The molecule has 0 bridgehead atoms. The molecule has 1 aromatic carbocycles. The molecule has 0 saturated carbocycles. The quantitative estimate of drug-likeness (QED) is 0.857. The summed E-state index contributed by atoms with van der Waals surface area (Å²) in [5.74, 6) is -0.887. The number of alkyl halides is 3. The largest absolute Gasteiger partial charge is 0.440 e. The molecule has 3 nitrogen and oxygen atoms in total. The maximum absolute atomic E-state index is 12.6. The van der Waals surface area contributed by atoms with Crippen LogP contribution in [0.15, 0.2) is 34.7 Å². The highest BCUT2D eigenvalue weighted by molar-refractivity contribution is 6.34. The van der Waals surface area contributed by atoms with E-state index in [2.05, 4.69) is 5.32 Å². The van der Waals surface area contributed by atoms with Gasteiger partial charge in [-0.05, 0) is 41.9 Å². The first-order chi connectivity index (χ1) is 9.27. The molecule has 1 amide bonds. The Balaban J connectivity index is 2.27. The second kappa shape index (κ2) is 5.38. The Labute approximate surface area is 121 Å². The van der Waals surface area contributed by atoms with Crippen molar-refractivity contribution < 1.29 is 22.4 Å². The molecule has 0 aliphatic rings. The number of halogens is 5. The van der Waals surface area contributed by atoms with E-state index in [-0.39, 0.29) is 21.7 Å². The molecule has 0 saturated heterocycles. The van der Waals surface area contributed by atoms with Gasteiger partial charge in [0.25, 0.3) is 5.91 Å². The third kappa shape index (κ3) is 3.26. The minimum atomic E-state index is -4.53. The van der Waals surface area contributed by atoms with E-state index >= 15 is 0 Å². The minimum Gasteiger partial charge on any atom is -0.440 e. The summed E-state index contributed by atoms with van der Waals surface area (Å²) in [4.78, 5) is 11.7. The molecule has 0 atom stereocenters. The molecule has 0 radical (unpaired) electrons. The lowest BCUT2D eigenvalue weighted by atomic mass is 10.2. The molecular formula is C12H6Cl2F3NO2. The number of hydrogen-bond donors (Lipinski definition) is 1. The van der Waals surface area contributed by atoms with Crippen LogP contribution in [-0.4, -0.2) is 5.91 Å². The second-order valence-corrected chi connectivity index (χ2v) is 4.53. The number of amides is 1. The Hall–Kier alpha value is -1.66. The molecule has 0 fully saturated rings. The summed E-state index contributed by atoms with van der Waals surface area (Å²) in [5.41, 5.74) is -1.09. The maximum atomic E-state index is 12.6. The van der Waals surface area contributed by atoms with Crippen molar-refractivity contribution in [2.45, 2.75) is 6.18 Å². The molecule has 0 aliphatic carbocycles. The Morgan fingerprint density at radius 2 is 1.85 bits per heavy atom. The summed E-state index contributed by atoms with van der Waals surface area (Å²) < 4.78 is 42.6. The van der Waals surface area contributed by atoms with Gasteiger partial charge in [-0.1, -0.05) is 11.6 Å². The van der Waals surface area contributed by atoms with Crippen LogP contribution in [0.25, 0.3) is 0 Å². The summed E-state index contributed by atoms with van der Waals surface area (Å²) in [7, 11) is 0. The van der Waals surface area contributed by atoms with Gasteiger partial charge in [0.1, 0.15) is 0 Å². The number of anilines is 1.